The fourth-order valence-electron chi connectivity index (χ4n) is 3.77. The van der Waals surface area contributed by atoms with Crippen LogP contribution in [0.4, 0.5) is 22.1 Å². The number of urea groups is 1. The van der Waals surface area contributed by atoms with Crippen LogP contribution in [-0.4, -0.2) is 58.6 Å². The van der Waals surface area contributed by atoms with Crippen LogP contribution in [0.1, 0.15) is 33.7 Å². The average molecular weight is 460 g/mol. The van der Waals surface area contributed by atoms with Gasteiger partial charge in [-0.3, -0.25) is 15.0 Å². The summed E-state index contributed by atoms with van der Waals surface area (Å²) in [6, 6.07) is 5.14. The Morgan fingerprint density at radius 3 is 2.91 bits per heavy atom. The predicted octanol–water partition coefficient (Wildman–Crippen LogP) is 2.70. The van der Waals surface area contributed by atoms with Gasteiger partial charge in [-0.25, -0.2) is 19.7 Å². The number of carbonyl (C=O) groups excluding carboxylic acids is 2. The van der Waals surface area contributed by atoms with Gasteiger partial charge in [0.25, 0.3) is 0 Å². The van der Waals surface area contributed by atoms with Gasteiger partial charge in [-0.1, -0.05) is 0 Å². The van der Waals surface area contributed by atoms with Crippen LogP contribution in [0.3, 0.4) is 0 Å². The van der Waals surface area contributed by atoms with Crippen LogP contribution in [0.2, 0.25) is 0 Å². The molecular formula is C23H24N8O3. The minimum Gasteiger partial charge on any atom is -0.383 e. The molecule has 1 aliphatic rings. The number of aldehydes is 1. The standard InChI is InChI=1S/C23H24N8O3/c1-15-12-30(14-27-15)20-8-16-4-3-6-31(22(16)28-19(20)13-32)23(33)29-21-9-18(25-5-7-34-2)17(10-24)11-26-21/h8-9,11-14H,3-7H2,1-2H3,(H2,25,26,29,33). The first-order valence-corrected chi connectivity index (χ1v) is 10.8. The zero-order chi connectivity index (χ0) is 24.1. The van der Waals surface area contributed by atoms with Crippen molar-refractivity contribution in [2.75, 3.05) is 42.3 Å². The molecule has 174 valence electrons. The van der Waals surface area contributed by atoms with Gasteiger partial charge in [-0.05, 0) is 31.4 Å². The number of amides is 2. The number of nitrogens with one attached hydrogen (secondary N) is 2. The Morgan fingerprint density at radius 2 is 2.21 bits per heavy atom. The van der Waals surface area contributed by atoms with E-state index in [1.165, 1.54) is 11.1 Å². The molecule has 0 bridgehead atoms. The summed E-state index contributed by atoms with van der Waals surface area (Å²) in [5.74, 6) is 0.732. The third-order valence-corrected chi connectivity index (χ3v) is 5.40. The molecule has 0 atom stereocenters. The molecule has 0 spiro atoms. The molecule has 0 aromatic carbocycles. The average Bonchev–Trinajstić information content (AvgIpc) is 3.29. The van der Waals surface area contributed by atoms with E-state index in [1.54, 1.807) is 24.1 Å². The summed E-state index contributed by atoms with van der Waals surface area (Å²) in [6.07, 6.45) is 7.00. The number of ether oxygens (including phenoxy) is 1. The molecule has 0 unspecified atom stereocenters. The first-order valence-electron chi connectivity index (χ1n) is 10.8. The highest BCUT2D eigenvalue weighted by Gasteiger charge is 2.26. The van der Waals surface area contributed by atoms with Gasteiger partial charge in [0.2, 0.25) is 0 Å². The normalized spacial score (nSPS) is 12.6. The second kappa shape index (κ2) is 10.1. The summed E-state index contributed by atoms with van der Waals surface area (Å²) in [7, 11) is 1.59. The van der Waals surface area contributed by atoms with Gasteiger partial charge in [-0.2, -0.15) is 5.26 Å². The van der Waals surface area contributed by atoms with E-state index in [1.807, 2.05) is 19.2 Å². The van der Waals surface area contributed by atoms with Crippen molar-refractivity contribution < 1.29 is 14.3 Å². The quantitative estimate of drug-likeness (QED) is 0.405. The van der Waals surface area contributed by atoms with E-state index in [-0.39, 0.29) is 11.5 Å². The molecule has 2 N–H and O–H groups in total. The molecule has 3 aromatic heterocycles. The van der Waals surface area contributed by atoms with Crippen molar-refractivity contribution in [2.45, 2.75) is 19.8 Å². The second-order valence-electron chi connectivity index (χ2n) is 7.75. The number of carbonyl (C=O) groups is 2. The lowest BCUT2D eigenvalue weighted by molar-refractivity contribution is 0.111. The molecule has 34 heavy (non-hydrogen) atoms. The van der Waals surface area contributed by atoms with Crippen molar-refractivity contribution in [1.29, 1.82) is 5.26 Å². The number of imidazole rings is 1. The van der Waals surface area contributed by atoms with Crippen LogP contribution >= 0.6 is 0 Å². The lowest BCUT2D eigenvalue weighted by Gasteiger charge is -2.29. The fourth-order valence-corrected chi connectivity index (χ4v) is 3.77. The van der Waals surface area contributed by atoms with Gasteiger partial charge in [-0.15, -0.1) is 0 Å². The van der Waals surface area contributed by atoms with Crippen LogP contribution in [0, 0.1) is 18.3 Å². The number of pyridine rings is 2. The SMILES string of the molecule is COCCNc1cc(NC(=O)N2CCCc3cc(-n4cnc(C)c4)c(C=O)nc32)ncc1C#N. The molecule has 0 saturated carbocycles. The minimum atomic E-state index is -0.420. The number of aryl methyl sites for hydroxylation is 2. The smallest absolute Gasteiger partial charge is 0.328 e. The van der Waals surface area contributed by atoms with Crippen LogP contribution in [0.25, 0.3) is 5.69 Å². The zero-order valence-corrected chi connectivity index (χ0v) is 18.9. The van der Waals surface area contributed by atoms with Gasteiger partial charge in [0.1, 0.15) is 23.4 Å². The molecule has 1 aliphatic heterocycles. The third kappa shape index (κ3) is 4.72. The van der Waals surface area contributed by atoms with Crippen molar-refractivity contribution in [2.24, 2.45) is 0 Å². The summed E-state index contributed by atoms with van der Waals surface area (Å²) < 4.78 is 6.78. The Morgan fingerprint density at radius 1 is 1.35 bits per heavy atom. The number of anilines is 3. The number of aromatic nitrogens is 4. The van der Waals surface area contributed by atoms with Crippen molar-refractivity contribution in [3.8, 4) is 11.8 Å². The molecule has 11 nitrogen and oxygen atoms in total. The number of hydrogen-bond acceptors (Lipinski definition) is 8. The largest absolute Gasteiger partial charge is 0.383 e. The number of nitriles is 1. The maximum absolute atomic E-state index is 13.1. The van der Waals surface area contributed by atoms with Crippen LogP contribution in [0.5, 0.6) is 0 Å². The summed E-state index contributed by atoms with van der Waals surface area (Å²) in [4.78, 5) is 39.4. The highest BCUT2D eigenvalue weighted by atomic mass is 16.5. The van der Waals surface area contributed by atoms with Crippen molar-refractivity contribution in [1.82, 2.24) is 19.5 Å². The molecule has 4 heterocycles. The number of methoxy groups -OCH3 is 1. The van der Waals surface area contributed by atoms with Crippen LogP contribution < -0.4 is 15.5 Å². The Balaban J connectivity index is 1.60. The number of hydrogen-bond donors (Lipinski definition) is 2. The Kier molecular flexibility index (Phi) is 6.79. The lowest BCUT2D eigenvalue weighted by Crippen LogP contribution is -2.39. The summed E-state index contributed by atoms with van der Waals surface area (Å²) in [5, 5.41) is 15.2. The van der Waals surface area contributed by atoms with E-state index in [0.29, 0.717) is 48.7 Å². The van der Waals surface area contributed by atoms with Gasteiger partial charge >= 0.3 is 6.03 Å². The number of fused-ring (bicyclic) bond motifs is 1. The molecular weight excluding hydrogens is 436 g/mol. The molecule has 3 aromatic rings. The monoisotopic (exact) mass is 460 g/mol. The molecule has 4 rings (SSSR count). The molecule has 0 aliphatic carbocycles. The molecule has 0 fully saturated rings. The van der Waals surface area contributed by atoms with Gasteiger partial charge < -0.3 is 14.6 Å². The van der Waals surface area contributed by atoms with E-state index >= 15 is 0 Å². The number of nitrogens with zero attached hydrogens (tertiary/aromatic N) is 6. The molecule has 2 amide bonds. The maximum atomic E-state index is 13.1. The van der Waals surface area contributed by atoms with Gasteiger partial charge in [0.05, 0.1) is 35.6 Å². The van der Waals surface area contributed by atoms with Crippen LogP contribution in [-0.2, 0) is 11.2 Å². The summed E-state index contributed by atoms with van der Waals surface area (Å²) in [6.45, 7) is 3.28. The maximum Gasteiger partial charge on any atom is 0.328 e. The third-order valence-electron chi connectivity index (χ3n) is 5.40. The van der Waals surface area contributed by atoms with Crippen molar-refractivity contribution in [3.63, 3.8) is 0 Å². The molecule has 11 heteroatoms. The van der Waals surface area contributed by atoms with E-state index in [2.05, 4.69) is 31.7 Å². The molecule has 0 saturated heterocycles. The lowest BCUT2D eigenvalue weighted by atomic mass is 10.0. The first kappa shape index (κ1) is 22.9. The van der Waals surface area contributed by atoms with E-state index < -0.39 is 6.03 Å². The van der Waals surface area contributed by atoms with Gasteiger partial charge in [0, 0.05) is 38.7 Å². The van der Waals surface area contributed by atoms with E-state index in [4.69, 9.17) is 4.74 Å². The topological polar surface area (TPSA) is 138 Å². The van der Waals surface area contributed by atoms with E-state index in [9.17, 15) is 14.9 Å². The first-order chi connectivity index (χ1) is 16.5. The zero-order valence-electron chi connectivity index (χ0n) is 18.9. The van der Waals surface area contributed by atoms with Crippen LogP contribution in [0.15, 0.2) is 30.9 Å². The van der Waals surface area contributed by atoms with Crippen molar-refractivity contribution in [3.05, 3.63) is 53.4 Å². The fraction of sp³-hybridized carbons (Fsp3) is 0.304. The summed E-state index contributed by atoms with van der Waals surface area (Å²) >= 11 is 0. The second-order valence-corrected chi connectivity index (χ2v) is 7.75. The van der Waals surface area contributed by atoms with Crippen molar-refractivity contribution >= 4 is 29.6 Å². The van der Waals surface area contributed by atoms with E-state index in [0.717, 1.165) is 24.1 Å². The Hall–Kier alpha value is -4.30. The Bertz CT molecular complexity index is 1260. The highest BCUT2D eigenvalue weighted by molar-refractivity contribution is 6.02. The molecule has 0 radical (unpaired) electrons. The van der Waals surface area contributed by atoms with Gasteiger partial charge in [0.15, 0.2) is 6.29 Å². The predicted molar refractivity (Wildman–Crippen MR) is 125 cm³/mol. The Labute approximate surface area is 196 Å². The summed E-state index contributed by atoms with van der Waals surface area (Å²) in [5.41, 5.74) is 3.43. The number of rotatable bonds is 7. The highest BCUT2D eigenvalue weighted by Crippen LogP contribution is 2.29. The minimum absolute atomic E-state index is 0.219.